The smallest absolute Gasteiger partial charge is 0.219 e. The molecule has 1 amide bonds. The Morgan fingerprint density at radius 2 is 1.53 bits per heavy atom. The fourth-order valence-corrected chi connectivity index (χ4v) is 1.70. The molecule has 0 aromatic rings. The monoisotopic (exact) mass is 241 g/mol. The van der Waals surface area contributed by atoms with E-state index < -0.39 is 0 Å². The molecule has 0 atom stereocenters. The number of unbranched alkanes of at least 4 members (excludes halogenated alkanes) is 4. The lowest BCUT2D eigenvalue weighted by Crippen LogP contribution is -2.23. The van der Waals surface area contributed by atoms with E-state index in [1.807, 2.05) is 13.8 Å². The van der Waals surface area contributed by atoms with Crippen molar-refractivity contribution in [2.75, 3.05) is 6.54 Å². The van der Waals surface area contributed by atoms with Crippen molar-refractivity contribution < 1.29 is 9.59 Å². The molecule has 0 rings (SSSR count). The maximum atomic E-state index is 11.1. The van der Waals surface area contributed by atoms with Crippen molar-refractivity contribution in [3.63, 3.8) is 0 Å². The van der Waals surface area contributed by atoms with Crippen LogP contribution in [0.3, 0.4) is 0 Å². The van der Waals surface area contributed by atoms with E-state index in [9.17, 15) is 9.59 Å². The highest BCUT2D eigenvalue weighted by Crippen LogP contribution is 2.06. The second kappa shape index (κ2) is 11.6. The van der Waals surface area contributed by atoms with E-state index in [-0.39, 0.29) is 5.91 Å². The third-order valence-electron chi connectivity index (χ3n) is 2.83. The van der Waals surface area contributed by atoms with Crippen LogP contribution in [0.1, 0.15) is 71.6 Å². The summed E-state index contributed by atoms with van der Waals surface area (Å²) in [5.74, 6) is 0.540. The van der Waals surface area contributed by atoms with E-state index in [0.717, 1.165) is 45.1 Å². The van der Waals surface area contributed by atoms with E-state index in [2.05, 4.69) is 5.32 Å². The van der Waals surface area contributed by atoms with Crippen molar-refractivity contribution in [3.05, 3.63) is 0 Å². The molecule has 0 radical (unpaired) electrons. The Kier molecular flexibility index (Phi) is 11.0. The standard InChI is InChI=1S/C14H27NO2/c1-3-10-14(17)15-12-9-7-5-6-8-11-13(16)4-2/h3-12H2,1-2H3,(H,15,17). The lowest BCUT2D eigenvalue weighted by Gasteiger charge is -2.04. The van der Waals surface area contributed by atoms with E-state index in [0.29, 0.717) is 18.6 Å². The van der Waals surface area contributed by atoms with E-state index in [1.165, 1.54) is 6.42 Å². The molecule has 0 aromatic heterocycles. The van der Waals surface area contributed by atoms with Gasteiger partial charge in [0.1, 0.15) is 5.78 Å². The lowest BCUT2D eigenvalue weighted by atomic mass is 10.1. The Morgan fingerprint density at radius 1 is 0.882 bits per heavy atom. The van der Waals surface area contributed by atoms with Gasteiger partial charge in [0.05, 0.1) is 0 Å². The lowest BCUT2D eigenvalue weighted by molar-refractivity contribution is -0.121. The average molecular weight is 241 g/mol. The Balaban J connectivity index is 3.13. The van der Waals surface area contributed by atoms with Crippen molar-refractivity contribution in [3.8, 4) is 0 Å². The van der Waals surface area contributed by atoms with Crippen molar-refractivity contribution in [1.82, 2.24) is 5.32 Å². The number of nitrogens with one attached hydrogen (secondary N) is 1. The molecule has 0 aromatic carbocycles. The number of Topliss-reactive ketones (excluding diaryl/α,β-unsaturated/α-hetero) is 1. The number of ketones is 1. The maximum absolute atomic E-state index is 11.1. The molecule has 0 bridgehead atoms. The molecule has 3 nitrogen and oxygen atoms in total. The number of amides is 1. The zero-order chi connectivity index (χ0) is 12.9. The molecule has 3 heteroatoms. The highest BCUT2D eigenvalue weighted by Gasteiger charge is 1.99. The molecular formula is C14H27NO2. The molecule has 0 aliphatic rings. The fourth-order valence-electron chi connectivity index (χ4n) is 1.70. The van der Waals surface area contributed by atoms with E-state index in [4.69, 9.17) is 0 Å². The molecule has 0 saturated heterocycles. The highest BCUT2D eigenvalue weighted by atomic mass is 16.1. The van der Waals surface area contributed by atoms with Gasteiger partial charge in [0.25, 0.3) is 0 Å². The first-order valence-corrected chi connectivity index (χ1v) is 6.99. The number of carbonyl (C=O) groups is 2. The van der Waals surface area contributed by atoms with Gasteiger partial charge in [-0.1, -0.05) is 33.1 Å². The van der Waals surface area contributed by atoms with Crippen LogP contribution in [0.5, 0.6) is 0 Å². The summed E-state index contributed by atoms with van der Waals surface area (Å²) in [4.78, 5) is 22.2. The van der Waals surface area contributed by atoms with Crippen LogP contribution in [0.2, 0.25) is 0 Å². The molecular weight excluding hydrogens is 214 g/mol. The molecule has 0 heterocycles. The third kappa shape index (κ3) is 11.4. The van der Waals surface area contributed by atoms with E-state index >= 15 is 0 Å². The molecule has 100 valence electrons. The van der Waals surface area contributed by atoms with Crippen molar-refractivity contribution in [2.24, 2.45) is 0 Å². The second-order valence-corrected chi connectivity index (χ2v) is 4.51. The molecule has 0 fully saturated rings. The van der Waals surface area contributed by atoms with Crippen LogP contribution in [-0.4, -0.2) is 18.2 Å². The van der Waals surface area contributed by atoms with Gasteiger partial charge in [-0.05, 0) is 19.3 Å². The average Bonchev–Trinajstić information content (AvgIpc) is 2.32. The second-order valence-electron chi connectivity index (χ2n) is 4.51. The minimum Gasteiger partial charge on any atom is -0.356 e. The quantitative estimate of drug-likeness (QED) is 0.564. The normalized spacial score (nSPS) is 10.2. The summed E-state index contributed by atoms with van der Waals surface area (Å²) in [5.41, 5.74) is 0. The summed E-state index contributed by atoms with van der Waals surface area (Å²) in [5, 5.41) is 2.91. The predicted octanol–water partition coefficient (Wildman–Crippen LogP) is 3.22. The number of carbonyl (C=O) groups excluding carboxylic acids is 2. The van der Waals surface area contributed by atoms with Gasteiger partial charge < -0.3 is 5.32 Å². The van der Waals surface area contributed by atoms with Crippen molar-refractivity contribution in [1.29, 1.82) is 0 Å². The maximum Gasteiger partial charge on any atom is 0.219 e. The Morgan fingerprint density at radius 3 is 2.18 bits per heavy atom. The van der Waals surface area contributed by atoms with Gasteiger partial charge in [-0.25, -0.2) is 0 Å². The predicted molar refractivity (Wildman–Crippen MR) is 70.9 cm³/mol. The Labute approximate surface area is 105 Å². The first kappa shape index (κ1) is 16.1. The van der Waals surface area contributed by atoms with Gasteiger partial charge in [-0.3, -0.25) is 9.59 Å². The van der Waals surface area contributed by atoms with Crippen LogP contribution in [0.25, 0.3) is 0 Å². The zero-order valence-corrected chi connectivity index (χ0v) is 11.4. The molecule has 0 aliphatic heterocycles. The highest BCUT2D eigenvalue weighted by molar-refractivity contribution is 5.77. The van der Waals surface area contributed by atoms with Crippen molar-refractivity contribution >= 4 is 11.7 Å². The summed E-state index contributed by atoms with van der Waals surface area (Å²) in [7, 11) is 0. The number of hydrogen-bond acceptors (Lipinski definition) is 2. The number of hydrogen-bond donors (Lipinski definition) is 1. The van der Waals surface area contributed by atoms with Crippen LogP contribution in [0.15, 0.2) is 0 Å². The van der Waals surface area contributed by atoms with Gasteiger partial charge in [-0.15, -0.1) is 0 Å². The summed E-state index contributed by atoms with van der Waals surface area (Å²) < 4.78 is 0. The van der Waals surface area contributed by atoms with Crippen molar-refractivity contribution in [2.45, 2.75) is 71.6 Å². The topological polar surface area (TPSA) is 46.2 Å². The number of rotatable bonds is 11. The minimum absolute atomic E-state index is 0.168. The first-order valence-electron chi connectivity index (χ1n) is 6.99. The van der Waals surface area contributed by atoms with Crippen LogP contribution in [0.4, 0.5) is 0 Å². The fraction of sp³-hybridized carbons (Fsp3) is 0.857. The molecule has 1 N–H and O–H groups in total. The van der Waals surface area contributed by atoms with E-state index in [1.54, 1.807) is 0 Å². The molecule has 0 aliphatic carbocycles. The zero-order valence-electron chi connectivity index (χ0n) is 11.4. The molecule has 0 saturated carbocycles. The summed E-state index contributed by atoms with van der Waals surface area (Å²) in [6.07, 6.45) is 8.48. The Hall–Kier alpha value is -0.860. The summed E-state index contributed by atoms with van der Waals surface area (Å²) >= 11 is 0. The molecule has 0 unspecified atom stereocenters. The van der Waals surface area contributed by atoms with Gasteiger partial charge in [-0.2, -0.15) is 0 Å². The van der Waals surface area contributed by atoms with Crippen LogP contribution < -0.4 is 5.32 Å². The van der Waals surface area contributed by atoms with Crippen LogP contribution in [-0.2, 0) is 9.59 Å². The summed E-state index contributed by atoms with van der Waals surface area (Å²) in [6, 6.07) is 0. The summed E-state index contributed by atoms with van der Waals surface area (Å²) in [6.45, 7) is 4.73. The molecule has 0 spiro atoms. The van der Waals surface area contributed by atoms with Gasteiger partial charge in [0.2, 0.25) is 5.91 Å². The van der Waals surface area contributed by atoms with Gasteiger partial charge in [0.15, 0.2) is 0 Å². The Bertz CT molecular complexity index is 214. The van der Waals surface area contributed by atoms with Gasteiger partial charge in [0, 0.05) is 25.8 Å². The SMILES string of the molecule is CCCC(=O)NCCCCCCCC(=O)CC. The largest absolute Gasteiger partial charge is 0.356 e. The van der Waals surface area contributed by atoms with Gasteiger partial charge >= 0.3 is 0 Å². The molecule has 17 heavy (non-hydrogen) atoms. The van der Waals surface area contributed by atoms with Crippen LogP contribution in [0, 0.1) is 0 Å². The first-order chi connectivity index (χ1) is 8.20. The third-order valence-corrected chi connectivity index (χ3v) is 2.83. The van der Waals surface area contributed by atoms with Crippen LogP contribution >= 0.6 is 0 Å². The minimum atomic E-state index is 0.168.